The van der Waals surface area contributed by atoms with Crippen LogP contribution in [0.15, 0.2) is 36.4 Å². The first kappa shape index (κ1) is 13.9. The molecular formula is C17H19NO4. The number of non-ortho nitro benzene ring substituents is 1. The Hall–Kier alpha value is -1.72. The minimum atomic E-state index is -0.814. The lowest BCUT2D eigenvalue weighted by atomic mass is 9.76. The van der Waals surface area contributed by atoms with Crippen molar-refractivity contribution in [2.24, 2.45) is 17.3 Å². The van der Waals surface area contributed by atoms with Crippen LogP contribution in [0.2, 0.25) is 0 Å². The first-order chi connectivity index (χ1) is 10.5. The van der Waals surface area contributed by atoms with E-state index in [2.05, 4.69) is 12.2 Å². The van der Waals surface area contributed by atoms with E-state index in [0.29, 0.717) is 25.0 Å². The molecule has 1 saturated heterocycles. The van der Waals surface area contributed by atoms with Gasteiger partial charge in [-0.1, -0.05) is 12.2 Å². The van der Waals surface area contributed by atoms with Gasteiger partial charge in [0.1, 0.15) is 0 Å². The quantitative estimate of drug-likeness (QED) is 0.477. The summed E-state index contributed by atoms with van der Waals surface area (Å²) in [6, 6.07) is 6.43. The minimum Gasteiger partial charge on any atom is -0.345 e. The third-order valence-electron chi connectivity index (χ3n) is 5.50. The first-order valence-electron chi connectivity index (χ1n) is 7.72. The normalized spacial score (nSPS) is 39.5. The number of hydrogen-bond acceptors (Lipinski definition) is 4. The fourth-order valence-corrected chi connectivity index (χ4v) is 4.08. The number of hydrogen-bond donors (Lipinski definition) is 0. The number of nitro benzene ring substituents is 1. The van der Waals surface area contributed by atoms with Gasteiger partial charge in [-0.05, 0) is 43.7 Å². The van der Waals surface area contributed by atoms with Crippen molar-refractivity contribution in [1.82, 2.24) is 0 Å². The topological polar surface area (TPSA) is 61.6 Å². The molecule has 1 aromatic rings. The summed E-state index contributed by atoms with van der Waals surface area (Å²) in [6.07, 6.45) is 7.00. The van der Waals surface area contributed by atoms with Crippen LogP contribution >= 0.6 is 0 Å². The van der Waals surface area contributed by atoms with Crippen LogP contribution in [0.3, 0.4) is 0 Å². The summed E-state index contributed by atoms with van der Waals surface area (Å²) in [4.78, 5) is 10.4. The Balaban J connectivity index is 1.52. The molecule has 0 amide bonds. The van der Waals surface area contributed by atoms with Gasteiger partial charge < -0.3 is 9.47 Å². The lowest BCUT2D eigenvalue weighted by molar-refractivity contribution is -0.385. The van der Waals surface area contributed by atoms with Crippen molar-refractivity contribution in [3.63, 3.8) is 0 Å². The average molecular weight is 301 g/mol. The molecule has 1 aliphatic heterocycles. The highest BCUT2D eigenvalue weighted by Gasteiger charge is 2.53. The molecule has 0 aromatic heterocycles. The van der Waals surface area contributed by atoms with E-state index in [1.807, 2.05) is 6.92 Å². The van der Waals surface area contributed by atoms with Gasteiger partial charge in [-0.15, -0.1) is 0 Å². The largest absolute Gasteiger partial charge is 0.345 e. The van der Waals surface area contributed by atoms with Crippen LogP contribution in [0.4, 0.5) is 5.69 Å². The van der Waals surface area contributed by atoms with Gasteiger partial charge in [-0.25, -0.2) is 0 Å². The van der Waals surface area contributed by atoms with Gasteiger partial charge in [0, 0.05) is 23.1 Å². The molecule has 0 N–H and O–H groups in total. The predicted octanol–water partition coefficient (Wildman–Crippen LogP) is 3.40. The fraction of sp³-hybridized carbons (Fsp3) is 0.529. The van der Waals surface area contributed by atoms with Gasteiger partial charge in [-0.2, -0.15) is 0 Å². The van der Waals surface area contributed by atoms with Crippen LogP contribution in [-0.2, 0) is 15.3 Å². The summed E-state index contributed by atoms with van der Waals surface area (Å²) in [7, 11) is 0. The molecule has 3 aliphatic rings. The molecular weight excluding hydrogens is 282 g/mol. The van der Waals surface area contributed by atoms with Crippen LogP contribution in [0, 0.1) is 27.4 Å². The van der Waals surface area contributed by atoms with Gasteiger partial charge in [0.2, 0.25) is 0 Å². The smallest absolute Gasteiger partial charge is 0.269 e. The second kappa shape index (κ2) is 4.64. The zero-order valence-corrected chi connectivity index (χ0v) is 12.5. The Labute approximate surface area is 129 Å². The van der Waals surface area contributed by atoms with E-state index in [4.69, 9.17) is 9.47 Å². The Morgan fingerprint density at radius 1 is 1.18 bits per heavy atom. The molecule has 1 saturated carbocycles. The molecule has 4 rings (SSSR count). The van der Waals surface area contributed by atoms with E-state index in [9.17, 15) is 10.1 Å². The monoisotopic (exact) mass is 301 g/mol. The molecule has 5 nitrogen and oxygen atoms in total. The minimum absolute atomic E-state index is 0.0814. The maximum atomic E-state index is 10.7. The first-order valence-corrected chi connectivity index (χ1v) is 7.72. The molecule has 2 fully saturated rings. The highest BCUT2D eigenvalue weighted by Crippen LogP contribution is 2.55. The molecule has 0 unspecified atom stereocenters. The maximum Gasteiger partial charge on any atom is 0.269 e. The summed E-state index contributed by atoms with van der Waals surface area (Å²) in [6.45, 7) is 3.27. The van der Waals surface area contributed by atoms with Crippen molar-refractivity contribution in [3.8, 4) is 0 Å². The van der Waals surface area contributed by atoms with Crippen molar-refractivity contribution in [1.29, 1.82) is 0 Å². The van der Waals surface area contributed by atoms with Gasteiger partial charge in [-0.3, -0.25) is 10.1 Å². The molecule has 1 spiro atoms. The Morgan fingerprint density at radius 3 is 2.36 bits per heavy atom. The maximum absolute atomic E-state index is 10.7. The van der Waals surface area contributed by atoms with E-state index >= 15 is 0 Å². The Bertz CT molecular complexity index is 629. The zero-order chi connectivity index (χ0) is 15.4. The zero-order valence-electron chi connectivity index (χ0n) is 12.5. The molecule has 2 aliphatic carbocycles. The number of fused-ring (bicyclic) bond motifs is 3. The van der Waals surface area contributed by atoms with Gasteiger partial charge in [0.15, 0.2) is 5.79 Å². The standard InChI is InChI=1S/C17H19NO4/c1-16(13-4-6-15(7-5-13)18(19)20)21-10-17(11-22-16)9-12-2-3-14(17)8-12/h2-7,12,14H,8-11H2,1H3/t12-,14-,16?,17?/m1/s1. The van der Waals surface area contributed by atoms with Gasteiger partial charge in [0.25, 0.3) is 5.69 Å². The van der Waals surface area contributed by atoms with Crippen LogP contribution in [0.25, 0.3) is 0 Å². The SMILES string of the molecule is CC1(c2ccc([N+](=O)[O-])cc2)OCC2(CO1)C[C@@H]1C=C[C@@H]2C1. The number of nitro groups is 1. The Kier molecular flexibility index (Phi) is 2.93. The average Bonchev–Trinajstić information content (AvgIpc) is 3.12. The number of ether oxygens (including phenoxy) is 2. The summed E-state index contributed by atoms with van der Waals surface area (Å²) in [5.74, 6) is 0.436. The van der Waals surface area contributed by atoms with Gasteiger partial charge in [0.05, 0.1) is 18.1 Å². The number of rotatable bonds is 2. The van der Waals surface area contributed by atoms with E-state index in [1.54, 1.807) is 12.1 Å². The molecule has 2 bridgehead atoms. The number of benzene rings is 1. The third kappa shape index (κ3) is 2.00. The van der Waals surface area contributed by atoms with Crippen LogP contribution in [0.1, 0.15) is 25.3 Å². The highest BCUT2D eigenvalue weighted by atomic mass is 16.7. The molecule has 22 heavy (non-hydrogen) atoms. The van der Waals surface area contributed by atoms with Crippen LogP contribution < -0.4 is 0 Å². The number of allylic oxidation sites excluding steroid dienone is 2. The van der Waals surface area contributed by atoms with E-state index < -0.39 is 10.7 Å². The summed E-state index contributed by atoms with van der Waals surface area (Å²) >= 11 is 0. The van der Waals surface area contributed by atoms with Crippen molar-refractivity contribution in [2.75, 3.05) is 13.2 Å². The van der Waals surface area contributed by atoms with Gasteiger partial charge >= 0.3 is 0 Å². The lowest BCUT2D eigenvalue weighted by Crippen LogP contribution is -2.48. The highest BCUT2D eigenvalue weighted by molar-refractivity contribution is 5.34. The molecule has 0 radical (unpaired) electrons. The number of nitrogens with zero attached hydrogens (tertiary/aromatic N) is 1. The molecule has 5 heteroatoms. The van der Waals surface area contributed by atoms with Crippen molar-refractivity contribution >= 4 is 5.69 Å². The lowest BCUT2D eigenvalue weighted by Gasteiger charge is -2.46. The van der Waals surface area contributed by atoms with E-state index in [1.165, 1.54) is 18.6 Å². The second-order valence-electron chi connectivity index (χ2n) is 6.88. The summed E-state index contributed by atoms with van der Waals surface area (Å²) in [5.41, 5.74) is 1.03. The molecule has 2 atom stereocenters. The molecule has 1 aromatic carbocycles. The predicted molar refractivity (Wildman–Crippen MR) is 80.1 cm³/mol. The van der Waals surface area contributed by atoms with Crippen LogP contribution in [-0.4, -0.2) is 18.1 Å². The second-order valence-corrected chi connectivity index (χ2v) is 6.88. The van der Waals surface area contributed by atoms with Crippen molar-refractivity contribution < 1.29 is 14.4 Å². The fourth-order valence-electron chi connectivity index (χ4n) is 4.08. The molecule has 116 valence electrons. The molecule has 1 heterocycles. The van der Waals surface area contributed by atoms with Crippen molar-refractivity contribution in [3.05, 3.63) is 52.1 Å². The Morgan fingerprint density at radius 2 is 1.86 bits per heavy atom. The third-order valence-corrected chi connectivity index (χ3v) is 5.50. The summed E-state index contributed by atoms with van der Waals surface area (Å²) < 4.78 is 12.2. The van der Waals surface area contributed by atoms with Crippen LogP contribution in [0.5, 0.6) is 0 Å². The summed E-state index contributed by atoms with van der Waals surface area (Å²) in [5, 5.41) is 10.7. The van der Waals surface area contributed by atoms with E-state index in [0.717, 1.165) is 12.0 Å². The van der Waals surface area contributed by atoms with E-state index in [-0.39, 0.29) is 11.1 Å². The van der Waals surface area contributed by atoms with Crippen molar-refractivity contribution in [2.45, 2.75) is 25.6 Å².